The van der Waals surface area contributed by atoms with Crippen molar-refractivity contribution in [2.45, 2.75) is 13.5 Å². The van der Waals surface area contributed by atoms with Crippen molar-refractivity contribution in [1.29, 1.82) is 5.26 Å². The Morgan fingerprint density at radius 3 is 2.76 bits per heavy atom. The van der Waals surface area contributed by atoms with Gasteiger partial charge in [0.15, 0.2) is 0 Å². The molecule has 0 aliphatic rings. The van der Waals surface area contributed by atoms with Gasteiger partial charge in [0, 0.05) is 26.0 Å². The molecule has 0 aromatic carbocycles. The number of aryl methyl sites for hydroxylation is 2. The fraction of sp³-hybridized carbons (Fsp3) is 0.250. The lowest BCUT2D eigenvalue weighted by atomic mass is 10.2. The molecule has 0 fully saturated rings. The minimum atomic E-state index is 0.599. The molecule has 0 radical (unpaired) electrons. The number of aromatic nitrogens is 3. The SMILES string of the molecule is Cc1nn(C)c(NCc2ccncc2)c1C#N. The molecule has 0 bridgehead atoms. The summed E-state index contributed by atoms with van der Waals surface area (Å²) in [4.78, 5) is 3.96. The zero-order valence-electron chi connectivity index (χ0n) is 9.81. The van der Waals surface area contributed by atoms with Crippen molar-refractivity contribution in [3.8, 4) is 6.07 Å². The second kappa shape index (κ2) is 4.66. The van der Waals surface area contributed by atoms with Gasteiger partial charge in [-0.1, -0.05) is 0 Å². The third-order valence-corrected chi connectivity index (χ3v) is 2.54. The van der Waals surface area contributed by atoms with Crippen LogP contribution < -0.4 is 5.32 Å². The summed E-state index contributed by atoms with van der Waals surface area (Å²) in [6, 6.07) is 6.03. The first-order valence-electron chi connectivity index (χ1n) is 5.29. The molecule has 5 nitrogen and oxygen atoms in total. The summed E-state index contributed by atoms with van der Waals surface area (Å²) in [6.45, 7) is 2.48. The third kappa shape index (κ3) is 2.26. The first-order valence-corrected chi connectivity index (χ1v) is 5.29. The lowest BCUT2D eigenvalue weighted by Gasteiger charge is -2.06. The van der Waals surface area contributed by atoms with Crippen molar-refractivity contribution < 1.29 is 0 Å². The smallest absolute Gasteiger partial charge is 0.142 e. The Kier molecular flexibility index (Phi) is 3.06. The topological polar surface area (TPSA) is 66.5 Å². The van der Waals surface area contributed by atoms with E-state index in [1.165, 1.54) is 0 Å². The Hall–Kier alpha value is -2.35. The normalized spacial score (nSPS) is 9.94. The van der Waals surface area contributed by atoms with Gasteiger partial charge in [-0.05, 0) is 24.6 Å². The van der Waals surface area contributed by atoms with E-state index < -0.39 is 0 Å². The van der Waals surface area contributed by atoms with E-state index in [4.69, 9.17) is 5.26 Å². The summed E-state index contributed by atoms with van der Waals surface area (Å²) >= 11 is 0. The van der Waals surface area contributed by atoms with Gasteiger partial charge in [-0.15, -0.1) is 0 Å². The number of nitriles is 1. The fourth-order valence-electron chi connectivity index (χ4n) is 1.68. The highest BCUT2D eigenvalue weighted by molar-refractivity contribution is 5.55. The number of rotatable bonds is 3. The van der Waals surface area contributed by atoms with Gasteiger partial charge in [-0.25, -0.2) is 0 Å². The summed E-state index contributed by atoms with van der Waals surface area (Å²) < 4.78 is 1.69. The van der Waals surface area contributed by atoms with Crippen molar-refractivity contribution in [1.82, 2.24) is 14.8 Å². The van der Waals surface area contributed by atoms with E-state index in [9.17, 15) is 0 Å². The fourth-order valence-corrected chi connectivity index (χ4v) is 1.68. The quantitative estimate of drug-likeness (QED) is 0.865. The lowest BCUT2D eigenvalue weighted by molar-refractivity contribution is 0.758. The maximum Gasteiger partial charge on any atom is 0.142 e. The van der Waals surface area contributed by atoms with E-state index in [1.54, 1.807) is 17.1 Å². The van der Waals surface area contributed by atoms with Gasteiger partial charge in [0.1, 0.15) is 17.5 Å². The average molecular weight is 227 g/mol. The molecule has 0 saturated carbocycles. The Morgan fingerprint density at radius 1 is 1.41 bits per heavy atom. The number of nitrogens with zero attached hydrogens (tertiary/aromatic N) is 4. The molecule has 2 rings (SSSR count). The van der Waals surface area contributed by atoms with Crippen LogP contribution in [0.5, 0.6) is 0 Å². The van der Waals surface area contributed by atoms with Gasteiger partial charge < -0.3 is 5.32 Å². The van der Waals surface area contributed by atoms with Gasteiger partial charge in [-0.3, -0.25) is 9.67 Å². The number of hydrogen-bond donors (Lipinski definition) is 1. The Morgan fingerprint density at radius 2 is 2.12 bits per heavy atom. The van der Waals surface area contributed by atoms with Crippen LogP contribution in [0, 0.1) is 18.3 Å². The van der Waals surface area contributed by atoms with E-state index in [0.29, 0.717) is 12.1 Å². The molecule has 1 N–H and O–H groups in total. The van der Waals surface area contributed by atoms with E-state index in [0.717, 1.165) is 17.1 Å². The van der Waals surface area contributed by atoms with Crippen LogP contribution in [-0.2, 0) is 13.6 Å². The molecular weight excluding hydrogens is 214 g/mol. The number of hydrogen-bond acceptors (Lipinski definition) is 4. The van der Waals surface area contributed by atoms with Crippen molar-refractivity contribution in [2.75, 3.05) is 5.32 Å². The largest absolute Gasteiger partial charge is 0.365 e. The number of pyridine rings is 1. The van der Waals surface area contributed by atoms with Crippen molar-refractivity contribution >= 4 is 5.82 Å². The highest BCUT2D eigenvalue weighted by Crippen LogP contribution is 2.17. The van der Waals surface area contributed by atoms with Gasteiger partial charge >= 0.3 is 0 Å². The van der Waals surface area contributed by atoms with Crippen LogP contribution in [0.2, 0.25) is 0 Å². The highest BCUT2D eigenvalue weighted by Gasteiger charge is 2.11. The Bertz CT molecular complexity index is 550. The highest BCUT2D eigenvalue weighted by atomic mass is 15.3. The maximum absolute atomic E-state index is 9.06. The molecule has 0 aliphatic heterocycles. The summed E-state index contributed by atoms with van der Waals surface area (Å²) in [5.74, 6) is 0.752. The molecule has 2 aromatic rings. The first-order chi connectivity index (χ1) is 8.22. The van der Waals surface area contributed by atoms with Crippen molar-refractivity contribution in [3.63, 3.8) is 0 Å². The zero-order valence-corrected chi connectivity index (χ0v) is 9.81. The summed E-state index contributed by atoms with van der Waals surface area (Å²) in [5, 5.41) is 16.5. The minimum absolute atomic E-state index is 0.599. The number of nitrogens with one attached hydrogen (secondary N) is 1. The molecule has 0 aliphatic carbocycles. The molecule has 0 unspecified atom stereocenters. The zero-order chi connectivity index (χ0) is 12.3. The molecule has 0 saturated heterocycles. The Labute approximate surface area is 99.7 Å². The molecular formula is C12H13N5. The van der Waals surface area contributed by atoms with Crippen LogP contribution in [0.15, 0.2) is 24.5 Å². The van der Waals surface area contributed by atoms with Crippen LogP contribution in [0.1, 0.15) is 16.8 Å². The van der Waals surface area contributed by atoms with Crippen LogP contribution >= 0.6 is 0 Å². The summed E-state index contributed by atoms with van der Waals surface area (Å²) in [7, 11) is 1.82. The monoisotopic (exact) mass is 227 g/mol. The van der Waals surface area contributed by atoms with Gasteiger partial charge in [0.2, 0.25) is 0 Å². The summed E-state index contributed by atoms with van der Waals surface area (Å²) in [5.41, 5.74) is 2.46. The van der Waals surface area contributed by atoms with E-state index in [1.807, 2.05) is 26.1 Å². The standard InChI is InChI=1S/C12H13N5/c1-9-11(7-13)12(17(2)16-9)15-8-10-3-5-14-6-4-10/h3-6,15H,8H2,1-2H3. The number of anilines is 1. The maximum atomic E-state index is 9.06. The molecule has 0 spiro atoms. The molecule has 0 amide bonds. The predicted molar refractivity (Wildman–Crippen MR) is 64.2 cm³/mol. The van der Waals surface area contributed by atoms with Crippen molar-refractivity contribution in [3.05, 3.63) is 41.3 Å². The van der Waals surface area contributed by atoms with E-state index >= 15 is 0 Å². The molecule has 86 valence electrons. The molecule has 0 atom stereocenters. The second-order valence-corrected chi connectivity index (χ2v) is 3.75. The first kappa shape index (κ1) is 11.1. The van der Waals surface area contributed by atoms with Crippen LogP contribution in [-0.4, -0.2) is 14.8 Å². The van der Waals surface area contributed by atoms with Gasteiger partial charge in [-0.2, -0.15) is 10.4 Å². The van der Waals surface area contributed by atoms with E-state index in [-0.39, 0.29) is 0 Å². The molecule has 2 heterocycles. The van der Waals surface area contributed by atoms with Crippen molar-refractivity contribution in [2.24, 2.45) is 7.05 Å². The predicted octanol–water partition coefficient (Wildman–Crippen LogP) is 1.61. The van der Waals surface area contributed by atoms with Crippen LogP contribution in [0.4, 0.5) is 5.82 Å². The minimum Gasteiger partial charge on any atom is -0.365 e. The van der Waals surface area contributed by atoms with Gasteiger partial charge in [0.25, 0.3) is 0 Å². The van der Waals surface area contributed by atoms with Crippen LogP contribution in [0.25, 0.3) is 0 Å². The van der Waals surface area contributed by atoms with Gasteiger partial charge in [0.05, 0.1) is 5.69 Å². The lowest BCUT2D eigenvalue weighted by Crippen LogP contribution is -2.05. The summed E-state index contributed by atoms with van der Waals surface area (Å²) in [6.07, 6.45) is 3.49. The molecule has 5 heteroatoms. The average Bonchev–Trinajstić information content (AvgIpc) is 2.62. The molecule has 17 heavy (non-hydrogen) atoms. The second-order valence-electron chi connectivity index (χ2n) is 3.75. The Balaban J connectivity index is 2.18. The van der Waals surface area contributed by atoms with E-state index in [2.05, 4.69) is 21.5 Å². The molecule has 2 aromatic heterocycles. The van der Waals surface area contributed by atoms with Crippen LogP contribution in [0.3, 0.4) is 0 Å². The third-order valence-electron chi connectivity index (χ3n) is 2.54.